The molecule has 2 aromatic carbocycles. The van der Waals surface area contributed by atoms with Crippen molar-refractivity contribution in [1.82, 2.24) is 5.01 Å². The minimum atomic E-state index is -0.925. The highest BCUT2D eigenvalue weighted by atomic mass is 79.9. The second kappa shape index (κ2) is 7.16. The van der Waals surface area contributed by atoms with Gasteiger partial charge in [-0.2, -0.15) is 5.11 Å². The first-order valence-corrected chi connectivity index (χ1v) is 9.39. The molecule has 0 N–H and O–H groups in total. The van der Waals surface area contributed by atoms with Crippen LogP contribution < -0.4 is 9.80 Å². The fourth-order valence-corrected chi connectivity index (χ4v) is 3.50. The van der Waals surface area contributed by atoms with E-state index in [0.717, 1.165) is 15.1 Å². The zero-order valence-electron chi connectivity index (χ0n) is 14.9. The van der Waals surface area contributed by atoms with Crippen LogP contribution in [-0.2, 0) is 14.4 Å². The van der Waals surface area contributed by atoms with Gasteiger partial charge in [0.2, 0.25) is 5.91 Å². The third-order valence-electron chi connectivity index (χ3n) is 4.76. The maximum atomic E-state index is 12.9. The molecule has 2 aromatic rings. The van der Waals surface area contributed by atoms with E-state index in [1.165, 1.54) is 9.91 Å². The van der Waals surface area contributed by atoms with Gasteiger partial charge in [0, 0.05) is 17.2 Å². The van der Waals surface area contributed by atoms with Crippen LogP contribution >= 0.6 is 15.9 Å². The van der Waals surface area contributed by atoms with E-state index in [0.29, 0.717) is 5.69 Å². The average Bonchev–Trinajstić information content (AvgIpc) is 3.23. The van der Waals surface area contributed by atoms with E-state index in [1.54, 1.807) is 31.3 Å². The van der Waals surface area contributed by atoms with Crippen molar-refractivity contribution >= 4 is 45.0 Å². The van der Waals surface area contributed by atoms with Crippen LogP contribution in [0, 0.1) is 0 Å². The number of hydrogen-bond acceptors (Lipinski definition) is 6. The summed E-state index contributed by atoms with van der Waals surface area (Å²) in [6, 6.07) is 14.2. The average molecular weight is 442 g/mol. The minimum Gasteiger partial charge on any atom is -0.314 e. The molecule has 0 unspecified atom stereocenters. The molecule has 0 saturated carbocycles. The van der Waals surface area contributed by atoms with Crippen LogP contribution in [0.15, 0.2) is 69.4 Å². The molecule has 3 amide bonds. The first-order valence-electron chi connectivity index (χ1n) is 8.60. The van der Waals surface area contributed by atoms with Gasteiger partial charge in [0.1, 0.15) is 6.54 Å². The fourth-order valence-electron chi connectivity index (χ4n) is 3.24. The van der Waals surface area contributed by atoms with Crippen LogP contribution in [0.5, 0.6) is 0 Å². The Labute approximate surface area is 169 Å². The highest BCUT2D eigenvalue weighted by Crippen LogP contribution is 2.32. The summed E-state index contributed by atoms with van der Waals surface area (Å²) < 4.78 is 0.839. The van der Waals surface area contributed by atoms with Crippen molar-refractivity contribution in [2.24, 2.45) is 10.3 Å². The summed E-state index contributed by atoms with van der Waals surface area (Å²) in [6.07, 6.45) is 0. The Morgan fingerprint density at radius 1 is 1.07 bits per heavy atom. The lowest BCUT2D eigenvalue weighted by atomic mass is 10.1. The van der Waals surface area contributed by atoms with Gasteiger partial charge in [-0.05, 0) is 36.4 Å². The van der Waals surface area contributed by atoms with Crippen LogP contribution in [0.4, 0.5) is 11.4 Å². The predicted octanol–water partition coefficient (Wildman–Crippen LogP) is 2.41. The summed E-state index contributed by atoms with van der Waals surface area (Å²) in [4.78, 5) is 40.8. The first-order chi connectivity index (χ1) is 13.5. The van der Waals surface area contributed by atoms with Crippen LogP contribution in [-0.4, -0.2) is 48.4 Å². The van der Waals surface area contributed by atoms with Crippen molar-refractivity contribution in [3.63, 3.8) is 0 Å². The summed E-state index contributed by atoms with van der Waals surface area (Å²) in [7, 11) is 1.65. The first kappa shape index (κ1) is 18.3. The number of hydrogen-bond donors (Lipinski definition) is 0. The number of amides is 3. The maximum Gasteiger partial charge on any atom is 0.263 e. The van der Waals surface area contributed by atoms with Crippen LogP contribution in [0.25, 0.3) is 0 Å². The molecule has 0 radical (unpaired) electrons. The van der Waals surface area contributed by atoms with E-state index in [1.807, 2.05) is 30.3 Å². The number of likely N-dealkylation sites (N-methyl/N-ethyl adjacent to an activating group) is 1. The summed E-state index contributed by atoms with van der Waals surface area (Å²) >= 11 is 3.33. The van der Waals surface area contributed by atoms with E-state index < -0.39 is 23.9 Å². The molecule has 9 heteroatoms. The standard InChI is InChI=1S/C19H16BrN5O3/c1-23(13-5-3-2-4-6-13)15(26)11-24-17-16(21-22-24)18(27)25(19(17)28)14-9-7-12(20)8-10-14/h2-10,16-17H,11H2,1H3/t16-,17-/m0/s1. The zero-order chi connectivity index (χ0) is 19.8. The zero-order valence-corrected chi connectivity index (χ0v) is 16.5. The van der Waals surface area contributed by atoms with E-state index >= 15 is 0 Å². The number of carbonyl (C=O) groups excluding carboxylic acids is 3. The third kappa shape index (κ3) is 3.07. The van der Waals surface area contributed by atoms with E-state index in [9.17, 15) is 14.4 Å². The molecule has 4 rings (SSSR count). The molecule has 0 aromatic heterocycles. The number of halogens is 1. The Morgan fingerprint density at radius 3 is 2.43 bits per heavy atom. The number of fused-ring (bicyclic) bond motifs is 1. The van der Waals surface area contributed by atoms with Crippen LogP contribution in [0.3, 0.4) is 0 Å². The second-order valence-corrected chi connectivity index (χ2v) is 7.38. The largest absolute Gasteiger partial charge is 0.314 e. The summed E-state index contributed by atoms with van der Waals surface area (Å²) in [6.45, 7) is -0.150. The van der Waals surface area contributed by atoms with Gasteiger partial charge in [-0.25, -0.2) is 4.90 Å². The van der Waals surface area contributed by atoms with Gasteiger partial charge in [0.05, 0.1) is 5.69 Å². The van der Waals surface area contributed by atoms with Crippen molar-refractivity contribution in [3.05, 3.63) is 59.1 Å². The number of carbonyl (C=O) groups is 3. The fraction of sp³-hybridized carbons (Fsp3) is 0.211. The summed E-state index contributed by atoms with van der Waals surface area (Å²) in [5.41, 5.74) is 1.20. The van der Waals surface area contributed by atoms with Gasteiger partial charge in [0.25, 0.3) is 11.8 Å². The Morgan fingerprint density at radius 2 is 1.75 bits per heavy atom. The maximum absolute atomic E-state index is 12.9. The van der Waals surface area contributed by atoms with E-state index in [-0.39, 0.29) is 12.5 Å². The Balaban J connectivity index is 1.52. The highest BCUT2D eigenvalue weighted by Gasteiger charge is 2.55. The Hall–Kier alpha value is -3.07. The van der Waals surface area contributed by atoms with Crippen LogP contribution in [0.1, 0.15) is 0 Å². The topological polar surface area (TPSA) is 85.7 Å². The number of para-hydroxylation sites is 1. The lowest BCUT2D eigenvalue weighted by Gasteiger charge is -2.23. The molecule has 28 heavy (non-hydrogen) atoms. The van der Waals surface area contributed by atoms with Gasteiger partial charge >= 0.3 is 0 Å². The molecule has 2 heterocycles. The Kier molecular flexibility index (Phi) is 4.68. The van der Waals surface area contributed by atoms with Gasteiger partial charge < -0.3 is 4.90 Å². The molecular weight excluding hydrogens is 426 g/mol. The lowest BCUT2D eigenvalue weighted by molar-refractivity contribution is -0.124. The molecule has 0 spiro atoms. The monoisotopic (exact) mass is 441 g/mol. The van der Waals surface area contributed by atoms with Crippen molar-refractivity contribution in [2.75, 3.05) is 23.4 Å². The SMILES string of the molecule is CN(C(=O)CN1N=N[C@@H]2C(=O)N(c3ccc(Br)cc3)C(=O)[C@H]21)c1ccccc1. The Bertz CT molecular complexity index is 963. The minimum absolute atomic E-state index is 0.150. The molecule has 8 nitrogen and oxygen atoms in total. The quantitative estimate of drug-likeness (QED) is 0.681. The number of rotatable bonds is 4. The highest BCUT2D eigenvalue weighted by molar-refractivity contribution is 9.10. The van der Waals surface area contributed by atoms with Gasteiger partial charge in [-0.1, -0.05) is 39.4 Å². The normalized spacial score (nSPS) is 20.6. The summed E-state index contributed by atoms with van der Waals surface area (Å²) in [5.74, 6) is -1.13. The van der Waals surface area contributed by atoms with Crippen molar-refractivity contribution < 1.29 is 14.4 Å². The van der Waals surface area contributed by atoms with Crippen molar-refractivity contribution in [2.45, 2.75) is 12.1 Å². The number of anilines is 2. The molecular formula is C19H16BrN5O3. The lowest BCUT2D eigenvalue weighted by Crippen LogP contribution is -2.45. The predicted molar refractivity (Wildman–Crippen MR) is 106 cm³/mol. The van der Waals surface area contributed by atoms with Gasteiger partial charge in [0.15, 0.2) is 12.1 Å². The van der Waals surface area contributed by atoms with E-state index in [4.69, 9.17) is 0 Å². The molecule has 0 aliphatic carbocycles. The molecule has 1 saturated heterocycles. The van der Waals surface area contributed by atoms with Crippen LogP contribution in [0.2, 0.25) is 0 Å². The molecule has 0 bridgehead atoms. The second-order valence-electron chi connectivity index (χ2n) is 6.47. The number of benzene rings is 2. The molecule has 2 atom stereocenters. The molecule has 142 valence electrons. The van der Waals surface area contributed by atoms with E-state index in [2.05, 4.69) is 26.3 Å². The molecule has 2 aliphatic heterocycles. The van der Waals surface area contributed by atoms with Gasteiger partial charge in [-0.15, -0.1) is 0 Å². The third-order valence-corrected chi connectivity index (χ3v) is 5.29. The molecule has 2 aliphatic rings. The van der Waals surface area contributed by atoms with Crippen molar-refractivity contribution in [1.29, 1.82) is 0 Å². The molecule has 1 fully saturated rings. The number of nitrogens with zero attached hydrogens (tertiary/aromatic N) is 5. The van der Waals surface area contributed by atoms with Gasteiger partial charge in [-0.3, -0.25) is 19.4 Å². The summed E-state index contributed by atoms with van der Waals surface area (Å²) in [5, 5.41) is 9.16. The van der Waals surface area contributed by atoms with Crippen molar-refractivity contribution in [3.8, 4) is 0 Å². The number of imide groups is 1. The smallest absolute Gasteiger partial charge is 0.263 e.